The van der Waals surface area contributed by atoms with Crippen LogP contribution in [0.3, 0.4) is 0 Å². The molecule has 1 aromatic carbocycles. The Morgan fingerprint density at radius 2 is 2.29 bits per heavy atom. The van der Waals surface area contributed by atoms with Crippen LogP contribution in [0.5, 0.6) is 5.75 Å². The summed E-state index contributed by atoms with van der Waals surface area (Å²) < 4.78 is 5.36. The van der Waals surface area contributed by atoms with Crippen LogP contribution in [-0.4, -0.2) is 24.4 Å². The van der Waals surface area contributed by atoms with E-state index in [2.05, 4.69) is 0 Å². The molecule has 78 valence electrons. The van der Waals surface area contributed by atoms with E-state index in [1.165, 1.54) is 0 Å². The van der Waals surface area contributed by atoms with Gasteiger partial charge in [0.15, 0.2) is 0 Å². The smallest absolute Gasteiger partial charge is 0.123 e. The Kier molecular flexibility index (Phi) is 4.20. The van der Waals surface area contributed by atoms with Crippen molar-refractivity contribution in [1.82, 2.24) is 0 Å². The molecule has 0 amide bonds. The average Bonchev–Trinajstić information content (AvgIpc) is 2.20. The zero-order valence-electron chi connectivity index (χ0n) is 8.03. The number of aliphatic hydroxyl groups is 1. The molecule has 1 rings (SSSR count). The first-order valence-electron chi connectivity index (χ1n) is 4.41. The van der Waals surface area contributed by atoms with E-state index in [0.717, 1.165) is 5.56 Å². The summed E-state index contributed by atoms with van der Waals surface area (Å²) in [4.78, 5) is 0. The molecule has 1 atom stereocenters. The largest absolute Gasteiger partial charge is 0.491 e. The molecule has 4 heteroatoms. The lowest BCUT2D eigenvalue weighted by Gasteiger charge is -2.12. The van der Waals surface area contributed by atoms with Crippen molar-refractivity contribution in [3.05, 3.63) is 28.8 Å². The molecule has 0 aliphatic carbocycles. The normalized spacial score (nSPS) is 12.6. The third-order valence-corrected chi connectivity index (χ3v) is 2.33. The van der Waals surface area contributed by atoms with Crippen molar-refractivity contribution in [2.75, 3.05) is 13.2 Å². The van der Waals surface area contributed by atoms with Gasteiger partial charge in [-0.2, -0.15) is 0 Å². The number of hydrogen-bond donors (Lipinski definition) is 2. The average molecular weight is 216 g/mol. The molecule has 0 saturated carbocycles. The summed E-state index contributed by atoms with van der Waals surface area (Å²) >= 11 is 5.90. The quantitative estimate of drug-likeness (QED) is 0.797. The van der Waals surface area contributed by atoms with E-state index in [0.29, 0.717) is 10.8 Å². The predicted octanol–water partition coefficient (Wildman–Crippen LogP) is 1.35. The third kappa shape index (κ3) is 2.87. The van der Waals surface area contributed by atoms with E-state index in [4.69, 9.17) is 22.1 Å². The van der Waals surface area contributed by atoms with Gasteiger partial charge in [0.25, 0.3) is 0 Å². The number of aliphatic hydroxyl groups excluding tert-OH is 1. The molecule has 0 heterocycles. The SMILES string of the molecule is Cc1c(Cl)cccc1OCC(O)CN. The van der Waals surface area contributed by atoms with E-state index in [1.807, 2.05) is 13.0 Å². The van der Waals surface area contributed by atoms with E-state index >= 15 is 0 Å². The summed E-state index contributed by atoms with van der Waals surface area (Å²) in [6.07, 6.45) is -0.631. The summed E-state index contributed by atoms with van der Waals surface area (Å²) in [5, 5.41) is 9.85. The molecule has 1 unspecified atom stereocenters. The molecular formula is C10H14ClNO2. The summed E-state index contributed by atoms with van der Waals surface area (Å²) in [7, 11) is 0. The first-order valence-corrected chi connectivity index (χ1v) is 4.79. The minimum absolute atomic E-state index is 0.192. The van der Waals surface area contributed by atoms with Gasteiger partial charge in [0.1, 0.15) is 18.5 Å². The zero-order valence-corrected chi connectivity index (χ0v) is 8.79. The van der Waals surface area contributed by atoms with Crippen LogP contribution in [0.4, 0.5) is 0 Å². The lowest BCUT2D eigenvalue weighted by molar-refractivity contribution is 0.114. The molecule has 3 N–H and O–H groups in total. The molecule has 0 aliphatic heterocycles. The van der Waals surface area contributed by atoms with E-state index in [1.54, 1.807) is 12.1 Å². The number of benzene rings is 1. The van der Waals surface area contributed by atoms with Crippen LogP contribution in [0.25, 0.3) is 0 Å². The highest BCUT2D eigenvalue weighted by molar-refractivity contribution is 6.31. The van der Waals surface area contributed by atoms with Crippen LogP contribution in [0, 0.1) is 6.92 Å². The van der Waals surface area contributed by atoms with Crippen molar-refractivity contribution in [2.24, 2.45) is 5.73 Å². The second-order valence-electron chi connectivity index (χ2n) is 3.06. The Hall–Kier alpha value is -0.770. The molecule has 0 saturated heterocycles. The molecule has 0 bridgehead atoms. The van der Waals surface area contributed by atoms with Crippen LogP contribution in [0.1, 0.15) is 5.56 Å². The number of rotatable bonds is 4. The number of hydrogen-bond acceptors (Lipinski definition) is 3. The van der Waals surface area contributed by atoms with Crippen LogP contribution in [0.15, 0.2) is 18.2 Å². The first-order chi connectivity index (χ1) is 6.65. The highest BCUT2D eigenvalue weighted by atomic mass is 35.5. The van der Waals surface area contributed by atoms with Crippen LogP contribution >= 0.6 is 11.6 Å². The van der Waals surface area contributed by atoms with Gasteiger partial charge in [0.2, 0.25) is 0 Å². The number of nitrogens with two attached hydrogens (primary N) is 1. The van der Waals surface area contributed by atoms with Gasteiger partial charge in [0, 0.05) is 17.1 Å². The fourth-order valence-corrected chi connectivity index (χ4v) is 1.16. The van der Waals surface area contributed by atoms with Crippen LogP contribution < -0.4 is 10.5 Å². The van der Waals surface area contributed by atoms with Gasteiger partial charge in [-0.25, -0.2) is 0 Å². The molecule has 1 aromatic rings. The Morgan fingerprint density at radius 3 is 2.93 bits per heavy atom. The second kappa shape index (κ2) is 5.20. The molecular weight excluding hydrogens is 202 g/mol. The molecule has 0 aliphatic rings. The van der Waals surface area contributed by atoms with E-state index in [9.17, 15) is 5.11 Å². The third-order valence-electron chi connectivity index (χ3n) is 1.92. The maximum Gasteiger partial charge on any atom is 0.123 e. The summed E-state index contributed by atoms with van der Waals surface area (Å²) in [6.45, 7) is 2.25. The maximum absolute atomic E-state index is 9.20. The van der Waals surface area contributed by atoms with Gasteiger partial charge in [-0.05, 0) is 19.1 Å². The topological polar surface area (TPSA) is 55.5 Å². The molecule has 0 spiro atoms. The van der Waals surface area contributed by atoms with Crippen LogP contribution in [-0.2, 0) is 0 Å². The van der Waals surface area contributed by atoms with Crippen molar-refractivity contribution in [2.45, 2.75) is 13.0 Å². The highest BCUT2D eigenvalue weighted by Gasteiger charge is 2.05. The molecule has 0 radical (unpaired) electrons. The fraction of sp³-hybridized carbons (Fsp3) is 0.400. The molecule has 14 heavy (non-hydrogen) atoms. The lowest BCUT2D eigenvalue weighted by atomic mass is 10.2. The maximum atomic E-state index is 9.20. The van der Waals surface area contributed by atoms with Gasteiger partial charge >= 0.3 is 0 Å². The Bertz CT molecular complexity index is 304. The highest BCUT2D eigenvalue weighted by Crippen LogP contribution is 2.24. The zero-order chi connectivity index (χ0) is 10.6. The summed E-state index contributed by atoms with van der Waals surface area (Å²) in [6, 6.07) is 5.41. The summed E-state index contributed by atoms with van der Waals surface area (Å²) in [5.74, 6) is 0.685. The van der Waals surface area contributed by atoms with Crippen molar-refractivity contribution in [3.8, 4) is 5.75 Å². The first kappa shape index (κ1) is 11.3. The summed E-state index contributed by atoms with van der Waals surface area (Å²) in [5.41, 5.74) is 6.12. The van der Waals surface area contributed by atoms with Gasteiger partial charge < -0.3 is 15.6 Å². The fourth-order valence-electron chi connectivity index (χ4n) is 0.998. The van der Waals surface area contributed by atoms with Crippen molar-refractivity contribution in [1.29, 1.82) is 0 Å². The van der Waals surface area contributed by atoms with Gasteiger partial charge in [-0.15, -0.1) is 0 Å². The second-order valence-corrected chi connectivity index (χ2v) is 3.47. The Morgan fingerprint density at radius 1 is 1.57 bits per heavy atom. The van der Waals surface area contributed by atoms with E-state index < -0.39 is 6.10 Å². The van der Waals surface area contributed by atoms with Gasteiger partial charge in [-0.3, -0.25) is 0 Å². The van der Waals surface area contributed by atoms with Gasteiger partial charge in [-0.1, -0.05) is 17.7 Å². The van der Waals surface area contributed by atoms with Gasteiger partial charge in [0.05, 0.1) is 0 Å². The Balaban J connectivity index is 2.63. The molecule has 0 fully saturated rings. The lowest BCUT2D eigenvalue weighted by Crippen LogP contribution is -2.26. The van der Waals surface area contributed by atoms with E-state index in [-0.39, 0.29) is 13.2 Å². The standard InChI is InChI=1S/C10H14ClNO2/c1-7-9(11)3-2-4-10(7)14-6-8(13)5-12/h2-4,8,13H,5-6,12H2,1H3. The van der Waals surface area contributed by atoms with Crippen molar-refractivity contribution in [3.63, 3.8) is 0 Å². The monoisotopic (exact) mass is 215 g/mol. The van der Waals surface area contributed by atoms with Crippen molar-refractivity contribution >= 4 is 11.6 Å². The minimum Gasteiger partial charge on any atom is -0.491 e. The predicted molar refractivity (Wildman–Crippen MR) is 56.7 cm³/mol. The minimum atomic E-state index is -0.631. The van der Waals surface area contributed by atoms with Crippen molar-refractivity contribution < 1.29 is 9.84 Å². The van der Waals surface area contributed by atoms with Crippen LogP contribution in [0.2, 0.25) is 5.02 Å². The Labute approximate surface area is 88.4 Å². The molecule has 0 aromatic heterocycles. The number of ether oxygens (including phenoxy) is 1. The number of halogens is 1. The molecule has 3 nitrogen and oxygen atoms in total.